The second kappa shape index (κ2) is 9.17. The second-order valence-electron chi connectivity index (χ2n) is 8.36. The van der Waals surface area contributed by atoms with Crippen molar-refractivity contribution in [2.24, 2.45) is 0 Å². The van der Waals surface area contributed by atoms with Crippen LogP contribution in [-0.2, 0) is 11.3 Å². The molecular weight excluding hydrogens is 390 g/mol. The Hall–Kier alpha value is -3.07. The van der Waals surface area contributed by atoms with Gasteiger partial charge in [-0.05, 0) is 32.9 Å². The molecular formula is C21H28N3O6+. The van der Waals surface area contributed by atoms with E-state index < -0.39 is 0 Å². The Morgan fingerprint density at radius 3 is 2.57 bits per heavy atom. The number of nitrogens with zero attached hydrogens (tertiary/aromatic N) is 1. The number of nitrogens with one attached hydrogen (secondary N) is 2. The highest BCUT2D eigenvalue weighted by molar-refractivity contribution is 5.91. The fraction of sp³-hybridized carbons (Fsp3) is 0.476. The second-order valence-corrected chi connectivity index (χ2v) is 8.36. The monoisotopic (exact) mass is 418 g/mol. The van der Waals surface area contributed by atoms with Gasteiger partial charge in [-0.1, -0.05) is 0 Å². The summed E-state index contributed by atoms with van der Waals surface area (Å²) in [5.74, 6) is 0.468. The maximum atomic E-state index is 12.3. The number of carbonyl (C=O) groups excluding carboxylic acids is 2. The molecule has 2 aromatic rings. The Morgan fingerprint density at radius 2 is 1.97 bits per heavy atom. The highest BCUT2D eigenvalue weighted by Gasteiger charge is 2.26. The third-order valence-corrected chi connectivity index (χ3v) is 4.64. The first kappa shape index (κ1) is 21.6. The predicted molar refractivity (Wildman–Crippen MR) is 107 cm³/mol. The number of amides is 2. The molecule has 1 aliphatic heterocycles. The molecule has 3 heterocycles. The first-order chi connectivity index (χ1) is 14.2. The van der Waals surface area contributed by atoms with Crippen molar-refractivity contribution >= 4 is 11.8 Å². The van der Waals surface area contributed by atoms with Crippen molar-refractivity contribution in [1.29, 1.82) is 0 Å². The van der Waals surface area contributed by atoms with E-state index in [1.807, 2.05) is 20.8 Å². The van der Waals surface area contributed by atoms with Crippen molar-refractivity contribution in [2.75, 3.05) is 32.8 Å². The molecule has 0 aliphatic carbocycles. The van der Waals surface area contributed by atoms with Crippen LogP contribution in [0.5, 0.6) is 5.75 Å². The van der Waals surface area contributed by atoms with Gasteiger partial charge in [0.2, 0.25) is 11.2 Å². The van der Waals surface area contributed by atoms with Crippen LogP contribution in [0.4, 0.5) is 0 Å². The van der Waals surface area contributed by atoms with Crippen molar-refractivity contribution in [1.82, 2.24) is 10.2 Å². The zero-order valence-electron chi connectivity index (χ0n) is 17.5. The molecule has 0 radical (unpaired) electrons. The molecule has 1 fully saturated rings. The number of furan rings is 1. The molecule has 9 heteroatoms. The van der Waals surface area contributed by atoms with Crippen LogP contribution in [0.1, 0.15) is 37.1 Å². The van der Waals surface area contributed by atoms with Crippen LogP contribution in [0.3, 0.4) is 0 Å². The van der Waals surface area contributed by atoms with Gasteiger partial charge in [0.05, 0.1) is 32.4 Å². The highest BCUT2D eigenvalue weighted by atomic mass is 16.5. The van der Waals surface area contributed by atoms with E-state index in [0.717, 1.165) is 13.1 Å². The van der Waals surface area contributed by atoms with E-state index in [-0.39, 0.29) is 35.1 Å². The van der Waals surface area contributed by atoms with Gasteiger partial charge in [-0.2, -0.15) is 0 Å². The molecule has 0 bridgehead atoms. The normalized spacial score (nSPS) is 15.1. The molecule has 9 nitrogen and oxygen atoms in total. The lowest BCUT2D eigenvalue weighted by Gasteiger charge is -2.31. The molecule has 1 saturated heterocycles. The molecule has 2 aromatic heterocycles. The molecule has 162 valence electrons. The minimum absolute atomic E-state index is 0.00618. The van der Waals surface area contributed by atoms with Crippen LogP contribution < -0.4 is 20.4 Å². The Labute approximate surface area is 174 Å². The van der Waals surface area contributed by atoms with Crippen LogP contribution in [-0.4, -0.2) is 55.0 Å². The number of piperazine rings is 1. The fourth-order valence-electron chi connectivity index (χ4n) is 3.24. The standard InChI is InChI=1S/C21H27N3O6/c1-21(2,3)22-19(26)14-30-18-13-29-15(11-16(18)25)12-23-6-8-24(9-7-23)20(27)17-5-4-10-28-17/h4-5,10-11,13H,6-9,12,14H2,1-3H3,(H,22,26)/p+1. The molecule has 0 aromatic carbocycles. The van der Waals surface area contributed by atoms with Crippen molar-refractivity contribution in [3.8, 4) is 5.75 Å². The summed E-state index contributed by atoms with van der Waals surface area (Å²) in [6, 6.07) is 4.75. The number of rotatable bonds is 6. The Bertz CT molecular complexity index is 921. The molecule has 0 atom stereocenters. The Kier molecular flexibility index (Phi) is 6.61. The van der Waals surface area contributed by atoms with Crippen molar-refractivity contribution in [2.45, 2.75) is 32.9 Å². The lowest BCUT2D eigenvalue weighted by Crippen LogP contribution is -3.13. The molecule has 2 amide bonds. The summed E-state index contributed by atoms with van der Waals surface area (Å²) < 4.78 is 16.0. The van der Waals surface area contributed by atoms with Crippen LogP contribution >= 0.6 is 0 Å². The minimum atomic E-state index is -0.371. The number of hydrogen-bond donors (Lipinski definition) is 2. The predicted octanol–water partition coefficient (Wildman–Crippen LogP) is 0.0672. The Morgan fingerprint density at radius 1 is 1.23 bits per heavy atom. The quantitative estimate of drug-likeness (QED) is 0.688. The number of carbonyl (C=O) groups is 2. The van der Waals surface area contributed by atoms with Crippen LogP contribution in [0.2, 0.25) is 0 Å². The smallest absolute Gasteiger partial charge is 0.289 e. The summed E-state index contributed by atoms with van der Waals surface area (Å²) in [6.45, 7) is 8.55. The summed E-state index contributed by atoms with van der Waals surface area (Å²) >= 11 is 0. The van der Waals surface area contributed by atoms with Gasteiger partial charge in [0, 0.05) is 11.6 Å². The summed E-state index contributed by atoms with van der Waals surface area (Å²) in [4.78, 5) is 39.4. The largest absolute Gasteiger partial charge is 0.477 e. The van der Waals surface area contributed by atoms with E-state index in [1.54, 1.807) is 17.0 Å². The van der Waals surface area contributed by atoms with E-state index in [1.165, 1.54) is 23.5 Å². The van der Waals surface area contributed by atoms with Gasteiger partial charge in [0.15, 0.2) is 18.1 Å². The van der Waals surface area contributed by atoms with Crippen molar-refractivity contribution in [3.63, 3.8) is 0 Å². The first-order valence-electron chi connectivity index (χ1n) is 9.93. The van der Waals surface area contributed by atoms with E-state index in [4.69, 9.17) is 13.6 Å². The average Bonchev–Trinajstić information content (AvgIpc) is 3.21. The summed E-state index contributed by atoms with van der Waals surface area (Å²) in [5, 5.41) is 2.76. The van der Waals surface area contributed by atoms with Crippen molar-refractivity contribution < 1.29 is 28.1 Å². The van der Waals surface area contributed by atoms with E-state index >= 15 is 0 Å². The summed E-state index contributed by atoms with van der Waals surface area (Å²) in [5.41, 5.74) is -0.699. The Balaban J connectivity index is 1.48. The van der Waals surface area contributed by atoms with E-state index in [0.29, 0.717) is 31.2 Å². The maximum Gasteiger partial charge on any atom is 0.289 e. The minimum Gasteiger partial charge on any atom is -0.477 e. The lowest BCUT2D eigenvalue weighted by molar-refractivity contribution is -0.918. The summed E-state index contributed by atoms with van der Waals surface area (Å²) in [7, 11) is 0. The van der Waals surface area contributed by atoms with E-state index in [9.17, 15) is 14.4 Å². The molecule has 1 aliphatic rings. The molecule has 2 N–H and O–H groups in total. The highest BCUT2D eigenvalue weighted by Crippen LogP contribution is 2.08. The lowest BCUT2D eigenvalue weighted by atomic mass is 10.1. The van der Waals surface area contributed by atoms with Gasteiger partial charge in [-0.15, -0.1) is 0 Å². The number of hydrogen-bond acceptors (Lipinski definition) is 6. The third-order valence-electron chi connectivity index (χ3n) is 4.64. The van der Waals surface area contributed by atoms with Gasteiger partial charge in [-0.25, -0.2) is 0 Å². The van der Waals surface area contributed by atoms with Gasteiger partial charge in [0.1, 0.15) is 12.8 Å². The fourth-order valence-corrected chi connectivity index (χ4v) is 3.24. The molecule has 30 heavy (non-hydrogen) atoms. The van der Waals surface area contributed by atoms with Gasteiger partial charge >= 0.3 is 0 Å². The summed E-state index contributed by atoms with van der Waals surface area (Å²) in [6.07, 6.45) is 2.74. The van der Waals surface area contributed by atoms with Gasteiger partial charge < -0.3 is 28.7 Å². The van der Waals surface area contributed by atoms with Gasteiger partial charge in [-0.3, -0.25) is 14.4 Å². The van der Waals surface area contributed by atoms with E-state index in [2.05, 4.69) is 5.32 Å². The third kappa shape index (κ3) is 5.96. The number of ether oxygens (including phenoxy) is 1. The van der Waals surface area contributed by atoms with Crippen LogP contribution in [0, 0.1) is 0 Å². The zero-order valence-corrected chi connectivity index (χ0v) is 17.5. The molecule has 0 spiro atoms. The molecule has 0 saturated carbocycles. The van der Waals surface area contributed by atoms with Crippen LogP contribution in [0.25, 0.3) is 0 Å². The molecule has 0 unspecified atom stereocenters. The maximum absolute atomic E-state index is 12.3. The molecule has 3 rings (SSSR count). The SMILES string of the molecule is CC(C)(C)NC(=O)COc1coc(C[NH+]2CCN(C(=O)c3ccco3)CC2)cc1=O. The van der Waals surface area contributed by atoms with Crippen LogP contribution in [0.15, 0.2) is 44.4 Å². The first-order valence-corrected chi connectivity index (χ1v) is 9.93. The zero-order chi connectivity index (χ0) is 21.7. The van der Waals surface area contributed by atoms with Crippen molar-refractivity contribution in [3.05, 3.63) is 52.5 Å². The number of quaternary nitrogens is 1. The average molecular weight is 418 g/mol. The van der Waals surface area contributed by atoms with Gasteiger partial charge in [0.25, 0.3) is 11.8 Å². The topological polar surface area (TPSA) is 106 Å².